The summed E-state index contributed by atoms with van der Waals surface area (Å²) in [6.45, 7) is 6.83. The molecule has 270 valence electrons. The monoisotopic (exact) mass is 704 g/mol. The zero-order chi connectivity index (χ0) is 35.0. The Morgan fingerprint density at radius 2 is 1.54 bits per heavy atom. The molecule has 2 aliphatic rings. The lowest BCUT2D eigenvalue weighted by atomic mass is 9.86. The minimum absolute atomic E-state index is 0.0182. The molecule has 50 heavy (non-hydrogen) atoms. The number of hydrogen-bond acceptors (Lipinski definition) is 9. The molecule has 3 heterocycles. The number of rotatable bonds is 17. The molecule has 0 unspecified atom stereocenters. The van der Waals surface area contributed by atoms with E-state index >= 15 is 0 Å². The summed E-state index contributed by atoms with van der Waals surface area (Å²) in [5.74, 6) is 0.0721. The highest BCUT2D eigenvalue weighted by molar-refractivity contribution is 7.09. The molecule has 2 fully saturated rings. The van der Waals surface area contributed by atoms with Crippen molar-refractivity contribution in [3.63, 3.8) is 0 Å². The van der Waals surface area contributed by atoms with Gasteiger partial charge in [-0.1, -0.05) is 60.7 Å². The van der Waals surface area contributed by atoms with Gasteiger partial charge in [0.2, 0.25) is 0 Å². The Bertz CT molecular complexity index is 1430. The van der Waals surface area contributed by atoms with Crippen LogP contribution in [0.3, 0.4) is 0 Å². The minimum Gasteiger partial charge on any atom is -0.444 e. The number of morpholine rings is 1. The molecule has 0 spiro atoms. The van der Waals surface area contributed by atoms with Crippen molar-refractivity contribution in [1.82, 2.24) is 30.3 Å². The van der Waals surface area contributed by atoms with Crippen LogP contribution < -0.4 is 10.6 Å². The number of ketones is 1. The van der Waals surface area contributed by atoms with E-state index < -0.39 is 12.1 Å². The Hall–Kier alpha value is -3.84. The molecular weight excluding hydrogens is 653 g/mol. The summed E-state index contributed by atoms with van der Waals surface area (Å²) in [6, 6.07) is 19.4. The molecule has 2 saturated heterocycles. The first kappa shape index (κ1) is 37.4. The van der Waals surface area contributed by atoms with Crippen LogP contribution in [0.5, 0.6) is 0 Å². The van der Waals surface area contributed by atoms with E-state index in [9.17, 15) is 14.4 Å². The molecule has 3 atom stereocenters. The van der Waals surface area contributed by atoms with Crippen LogP contribution in [0.25, 0.3) is 0 Å². The fourth-order valence-corrected chi connectivity index (χ4v) is 7.08. The van der Waals surface area contributed by atoms with Crippen LogP contribution in [0, 0.1) is 5.92 Å². The summed E-state index contributed by atoms with van der Waals surface area (Å²) in [7, 11) is 2.06. The summed E-state index contributed by atoms with van der Waals surface area (Å²) in [6.07, 6.45) is 4.88. The first-order valence-corrected chi connectivity index (χ1v) is 18.7. The smallest absolute Gasteiger partial charge is 0.407 e. The number of hydrogen-bond donors (Lipinski definition) is 2. The molecule has 0 aliphatic carbocycles. The largest absolute Gasteiger partial charge is 0.444 e. The summed E-state index contributed by atoms with van der Waals surface area (Å²) >= 11 is 1.45. The van der Waals surface area contributed by atoms with Crippen LogP contribution in [0.15, 0.2) is 72.4 Å². The van der Waals surface area contributed by atoms with Gasteiger partial charge in [-0.25, -0.2) is 9.59 Å². The van der Waals surface area contributed by atoms with E-state index in [2.05, 4.69) is 56.7 Å². The van der Waals surface area contributed by atoms with Gasteiger partial charge in [-0.05, 0) is 56.2 Å². The molecule has 11 nitrogen and oxygen atoms in total. The molecule has 3 aromatic rings. The van der Waals surface area contributed by atoms with E-state index in [4.69, 9.17) is 9.47 Å². The number of carbonyl (C=O) groups excluding carboxylic acids is 3. The third kappa shape index (κ3) is 12.8. The second-order valence-electron chi connectivity index (χ2n) is 13.4. The molecule has 12 heteroatoms. The third-order valence-corrected chi connectivity index (χ3v) is 10.3. The Morgan fingerprint density at radius 1 is 0.860 bits per heavy atom. The van der Waals surface area contributed by atoms with Crippen LogP contribution in [0.4, 0.5) is 9.59 Å². The highest BCUT2D eigenvalue weighted by Gasteiger charge is 2.29. The number of carbonyl (C=O) groups is 3. The maximum atomic E-state index is 14.2. The van der Waals surface area contributed by atoms with Gasteiger partial charge in [-0.2, -0.15) is 0 Å². The number of nitrogens with zero attached hydrogens (tertiary/aromatic N) is 4. The molecule has 2 N–H and O–H groups in total. The van der Waals surface area contributed by atoms with E-state index in [0.29, 0.717) is 52.0 Å². The Morgan fingerprint density at radius 3 is 2.20 bits per heavy atom. The van der Waals surface area contributed by atoms with Crippen molar-refractivity contribution >= 4 is 29.2 Å². The highest BCUT2D eigenvalue weighted by Crippen LogP contribution is 2.23. The average Bonchev–Trinajstić information content (AvgIpc) is 3.67. The number of amides is 3. The maximum absolute atomic E-state index is 14.2. The predicted molar refractivity (Wildman–Crippen MR) is 195 cm³/mol. The van der Waals surface area contributed by atoms with E-state index in [0.717, 1.165) is 61.6 Å². The first-order chi connectivity index (χ1) is 24.4. The van der Waals surface area contributed by atoms with Gasteiger partial charge in [0.1, 0.15) is 6.61 Å². The number of likely N-dealkylation sites (N-methyl/N-ethyl adjacent to an activating group) is 1. The van der Waals surface area contributed by atoms with Gasteiger partial charge in [0, 0.05) is 64.5 Å². The van der Waals surface area contributed by atoms with Crippen LogP contribution in [-0.2, 0) is 33.7 Å². The zero-order valence-electron chi connectivity index (χ0n) is 29.2. The average molecular weight is 705 g/mol. The number of nitrogens with one attached hydrogen (secondary N) is 2. The molecule has 3 amide bonds. The molecule has 2 aromatic carbocycles. The Labute approximate surface area is 300 Å². The Balaban J connectivity index is 1.27. The van der Waals surface area contributed by atoms with Gasteiger partial charge in [0.25, 0.3) is 0 Å². The maximum Gasteiger partial charge on any atom is 0.407 e. The molecular formula is C38H52N6O5S. The summed E-state index contributed by atoms with van der Waals surface area (Å²) in [5.41, 5.74) is 3.99. The van der Waals surface area contributed by atoms with Crippen LogP contribution in [0.2, 0.25) is 0 Å². The SMILES string of the molecule is CN1CCN(C(=O)N[C@@H](CCN2CCOCC2)C(=O)C[C@H](CC[C@H](Cc2ccccc2)NC(=O)OCc2cncs2)Cc2ccccc2)CC1. The van der Waals surface area contributed by atoms with E-state index in [1.54, 1.807) is 11.7 Å². The molecule has 1 aromatic heterocycles. The molecule has 2 aliphatic heterocycles. The van der Waals surface area contributed by atoms with Gasteiger partial charge in [0.05, 0.1) is 29.6 Å². The molecule has 0 saturated carbocycles. The van der Waals surface area contributed by atoms with Crippen molar-refractivity contribution in [3.8, 4) is 0 Å². The summed E-state index contributed by atoms with van der Waals surface area (Å²) in [5, 5.41) is 6.25. The molecule has 0 bridgehead atoms. The van der Waals surface area contributed by atoms with Gasteiger partial charge in [-0.3, -0.25) is 14.7 Å². The number of thiazole rings is 1. The van der Waals surface area contributed by atoms with E-state index in [1.807, 2.05) is 41.3 Å². The molecule has 5 rings (SSSR count). The Kier molecular flexibility index (Phi) is 15.1. The number of piperazine rings is 1. The number of urea groups is 1. The predicted octanol–water partition coefficient (Wildman–Crippen LogP) is 4.63. The lowest BCUT2D eigenvalue weighted by Crippen LogP contribution is -2.54. The van der Waals surface area contributed by atoms with E-state index in [-0.39, 0.29) is 30.4 Å². The second-order valence-corrected chi connectivity index (χ2v) is 14.4. The number of aromatic nitrogens is 1. The van der Waals surface area contributed by atoms with Crippen molar-refractivity contribution in [3.05, 3.63) is 88.4 Å². The van der Waals surface area contributed by atoms with Crippen LogP contribution >= 0.6 is 11.3 Å². The number of Topliss-reactive ketones (excluding diaryl/α,β-unsaturated/α-hetero) is 1. The van der Waals surface area contributed by atoms with Gasteiger partial charge >= 0.3 is 12.1 Å². The van der Waals surface area contributed by atoms with Gasteiger partial charge in [-0.15, -0.1) is 11.3 Å². The zero-order valence-corrected chi connectivity index (χ0v) is 30.0. The summed E-state index contributed by atoms with van der Waals surface area (Å²) in [4.78, 5) is 51.9. The van der Waals surface area contributed by atoms with Crippen molar-refractivity contribution in [2.75, 3.05) is 66.1 Å². The van der Waals surface area contributed by atoms with Crippen LogP contribution in [0.1, 0.15) is 41.7 Å². The lowest BCUT2D eigenvalue weighted by Gasteiger charge is -2.34. The van der Waals surface area contributed by atoms with Crippen molar-refractivity contribution in [2.24, 2.45) is 5.92 Å². The number of ether oxygens (including phenoxy) is 2. The number of benzene rings is 2. The second kappa shape index (κ2) is 20.1. The fourth-order valence-electron chi connectivity index (χ4n) is 6.57. The highest BCUT2D eigenvalue weighted by atomic mass is 32.1. The topological polar surface area (TPSA) is 116 Å². The first-order valence-electron chi connectivity index (χ1n) is 17.9. The normalized spacial score (nSPS) is 17.4. The number of alkyl carbamates (subject to hydrolysis) is 1. The van der Waals surface area contributed by atoms with Crippen LogP contribution in [-0.4, -0.2) is 116 Å². The van der Waals surface area contributed by atoms with Crippen molar-refractivity contribution < 1.29 is 23.9 Å². The summed E-state index contributed by atoms with van der Waals surface area (Å²) < 4.78 is 11.1. The third-order valence-electron chi connectivity index (χ3n) is 9.57. The van der Waals surface area contributed by atoms with E-state index in [1.165, 1.54) is 11.3 Å². The lowest BCUT2D eigenvalue weighted by molar-refractivity contribution is -0.122. The quantitative estimate of drug-likeness (QED) is 0.209. The van der Waals surface area contributed by atoms with Crippen molar-refractivity contribution in [1.29, 1.82) is 0 Å². The van der Waals surface area contributed by atoms with Crippen molar-refractivity contribution in [2.45, 2.75) is 57.2 Å². The standard InChI is InChI=1S/C38H52N6O5S/c1-42-16-18-44(19-17-42)37(46)41-35(14-15-43-20-22-48-23-21-43)36(45)26-32(24-30-8-4-2-5-9-30)12-13-33(25-31-10-6-3-7-11-31)40-38(47)49-28-34-27-39-29-50-34/h2-11,27,29,32-33,35H,12-26,28H2,1H3,(H,40,47)(H,41,46)/t32-,33-,35+/m1/s1. The fraction of sp³-hybridized carbons (Fsp3) is 0.526. The minimum atomic E-state index is -0.580. The van der Waals surface area contributed by atoms with Gasteiger partial charge < -0.3 is 29.9 Å². The molecule has 0 radical (unpaired) electrons. The van der Waals surface area contributed by atoms with Gasteiger partial charge in [0.15, 0.2) is 5.78 Å².